The third kappa shape index (κ3) is 11.7. The second kappa shape index (κ2) is 14.3. The number of hydrogen-bond acceptors (Lipinski definition) is 0. The van der Waals surface area contributed by atoms with Crippen LogP contribution in [0.3, 0.4) is 0 Å². The lowest BCUT2D eigenvalue weighted by molar-refractivity contribution is 0.397. The van der Waals surface area contributed by atoms with E-state index < -0.39 is 0 Å². The third-order valence-corrected chi connectivity index (χ3v) is 5.99. The molecule has 0 rings (SSSR count). The zero-order valence-corrected chi connectivity index (χ0v) is 14.4. The summed E-state index contributed by atoms with van der Waals surface area (Å²) in [5, 5.41) is 0. The van der Waals surface area contributed by atoms with Gasteiger partial charge in [-0.2, -0.15) is 0 Å². The molecule has 0 aromatic carbocycles. The maximum absolute atomic E-state index is 3.63. The van der Waals surface area contributed by atoms with Crippen molar-refractivity contribution in [1.29, 1.82) is 0 Å². The highest BCUT2D eigenvalue weighted by Gasteiger charge is 2.05. The molecule has 0 aliphatic carbocycles. The van der Waals surface area contributed by atoms with Crippen molar-refractivity contribution in [2.24, 2.45) is 5.92 Å². The Morgan fingerprint density at radius 3 is 2.00 bits per heavy atom. The Labute approximate surface area is 119 Å². The summed E-state index contributed by atoms with van der Waals surface area (Å²) in [6, 6.07) is 0. The zero-order chi connectivity index (χ0) is 12.1. The van der Waals surface area contributed by atoms with Crippen molar-refractivity contribution in [2.45, 2.75) is 82.6 Å². The van der Waals surface area contributed by atoms with E-state index in [2.05, 4.69) is 26.7 Å². The van der Waals surface area contributed by atoms with Gasteiger partial charge in [0.2, 0.25) is 0 Å². The first-order valence-corrected chi connectivity index (χ1v) is 12.3. The fourth-order valence-corrected chi connectivity index (χ4v) is 4.03. The molecule has 94 valence electrons. The average molecular weight is 302 g/mol. The van der Waals surface area contributed by atoms with E-state index in [1.165, 1.54) is 68.8 Å². The maximum atomic E-state index is 3.63. The van der Waals surface area contributed by atoms with Crippen LogP contribution in [0.2, 0.25) is 4.55 Å². The molecule has 0 aromatic rings. The number of halogens is 1. The molecule has 16 heavy (non-hydrogen) atoms. The van der Waals surface area contributed by atoms with Gasteiger partial charge in [-0.25, -0.2) is 0 Å². The molecule has 0 heterocycles. The van der Waals surface area contributed by atoms with Gasteiger partial charge in [0, 0.05) is 0 Å². The monoisotopic (exact) mass is 300 g/mol. The van der Waals surface area contributed by atoms with Gasteiger partial charge in [0.05, 0.1) is 0 Å². The van der Waals surface area contributed by atoms with Gasteiger partial charge in [0.15, 0.2) is 0 Å². The van der Waals surface area contributed by atoms with E-state index in [4.69, 9.17) is 0 Å². The second-order valence-electron chi connectivity index (χ2n) is 5.02. The number of rotatable bonds is 12. The van der Waals surface area contributed by atoms with E-state index >= 15 is 0 Å². The van der Waals surface area contributed by atoms with Crippen molar-refractivity contribution in [3.05, 3.63) is 0 Å². The van der Waals surface area contributed by atoms with Crippen molar-refractivity contribution >= 4 is 31.1 Å². The average Bonchev–Trinajstić information content (AvgIpc) is 2.31. The summed E-state index contributed by atoms with van der Waals surface area (Å²) >= 11 is 3.79. The maximum Gasteiger partial charge on any atom is 0.468 e. The van der Waals surface area contributed by atoms with Crippen LogP contribution in [0.1, 0.15) is 78.1 Å². The highest BCUT2D eigenvalue weighted by atomic mass is 79.9. The highest BCUT2D eigenvalue weighted by Crippen LogP contribution is 2.21. The summed E-state index contributed by atoms with van der Waals surface area (Å²) in [4.78, 5) is 0. The Balaban J connectivity index is 3.29. The van der Waals surface area contributed by atoms with Crippen LogP contribution in [0.5, 0.6) is 0 Å². The first-order valence-electron chi connectivity index (χ1n) is 7.41. The van der Waals surface area contributed by atoms with E-state index in [-0.39, 0.29) is 18.2 Å². The Hall–Kier alpha value is 1.25. The smallest absolute Gasteiger partial charge is 0.307 e. The quantitative estimate of drug-likeness (QED) is 0.307. The lowest BCUT2D eigenvalue weighted by Gasteiger charge is -2.14. The van der Waals surface area contributed by atoms with Gasteiger partial charge in [0.1, 0.15) is 0 Å². The molecule has 0 amide bonds. The molecule has 0 saturated heterocycles. The van der Waals surface area contributed by atoms with Crippen molar-refractivity contribution in [2.75, 3.05) is 0 Å². The molecule has 1 atom stereocenters. The van der Waals surface area contributed by atoms with Gasteiger partial charge in [-0.05, 0) is 5.92 Å². The van der Waals surface area contributed by atoms with E-state index in [9.17, 15) is 0 Å². The zero-order valence-electron chi connectivity index (χ0n) is 11.4. The van der Waals surface area contributed by atoms with Crippen LogP contribution >= 0.6 is 12.9 Å². The largest absolute Gasteiger partial charge is 0.468 e. The molecular formula is C14H29BrMg. The Morgan fingerprint density at radius 2 is 1.50 bits per heavy atom. The second-order valence-corrected chi connectivity index (χ2v) is 8.48. The summed E-state index contributed by atoms with van der Waals surface area (Å²) in [5.41, 5.74) is 0. The van der Waals surface area contributed by atoms with Crippen LogP contribution in [0.25, 0.3) is 0 Å². The molecule has 0 aliphatic heterocycles. The van der Waals surface area contributed by atoms with Crippen LogP contribution in [0.15, 0.2) is 0 Å². The number of hydrogen-bond donors (Lipinski definition) is 0. The minimum absolute atomic E-state index is 0.155. The predicted octanol–water partition coefficient (Wildman–Crippen LogP) is 5.98. The molecule has 2 heteroatoms. The highest BCUT2D eigenvalue weighted by molar-refractivity contribution is 9.23. The number of unbranched alkanes of at least 4 members (excludes halogenated alkanes) is 5. The summed E-state index contributed by atoms with van der Waals surface area (Å²) < 4.78 is 1.49. The van der Waals surface area contributed by atoms with E-state index in [1.54, 1.807) is 0 Å². The fourth-order valence-electron chi connectivity index (χ4n) is 2.29. The van der Waals surface area contributed by atoms with Crippen LogP contribution < -0.4 is 0 Å². The molecule has 0 fully saturated rings. The fraction of sp³-hybridized carbons (Fsp3) is 1.00. The topological polar surface area (TPSA) is 0 Å². The van der Waals surface area contributed by atoms with Crippen molar-refractivity contribution in [3.8, 4) is 0 Å². The Morgan fingerprint density at radius 1 is 0.875 bits per heavy atom. The summed E-state index contributed by atoms with van der Waals surface area (Å²) in [6.07, 6.45) is 14.6. The van der Waals surface area contributed by atoms with E-state index in [1.807, 2.05) is 0 Å². The SMILES string of the molecule is CCCCCCC(CC)CCCC[CH2][Mg][Br]. The molecule has 0 saturated carbocycles. The van der Waals surface area contributed by atoms with E-state index in [0.29, 0.717) is 0 Å². The van der Waals surface area contributed by atoms with Gasteiger partial charge >= 0.3 is 18.2 Å². The molecule has 0 N–H and O–H groups in total. The van der Waals surface area contributed by atoms with Crippen LogP contribution in [-0.4, -0.2) is 18.2 Å². The van der Waals surface area contributed by atoms with Gasteiger partial charge in [-0.15, -0.1) is 4.55 Å². The predicted molar refractivity (Wildman–Crippen MR) is 80.5 cm³/mol. The molecule has 1 unspecified atom stereocenters. The molecular weight excluding hydrogens is 272 g/mol. The first-order chi connectivity index (χ1) is 7.85. The van der Waals surface area contributed by atoms with Crippen molar-refractivity contribution < 1.29 is 0 Å². The molecule has 0 aliphatic rings. The third-order valence-electron chi connectivity index (χ3n) is 3.54. The van der Waals surface area contributed by atoms with Crippen molar-refractivity contribution in [3.63, 3.8) is 0 Å². The molecule has 0 bridgehead atoms. The van der Waals surface area contributed by atoms with Crippen LogP contribution in [-0.2, 0) is 0 Å². The Bertz CT molecular complexity index is 128. The molecule has 0 aromatic heterocycles. The summed E-state index contributed by atoms with van der Waals surface area (Å²) in [5.74, 6) is 1.03. The molecule has 0 nitrogen and oxygen atoms in total. The minimum atomic E-state index is 0.155. The van der Waals surface area contributed by atoms with E-state index in [0.717, 1.165) is 5.92 Å². The lowest BCUT2D eigenvalue weighted by atomic mass is 9.93. The van der Waals surface area contributed by atoms with Gasteiger partial charge in [-0.1, -0.05) is 78.1 Å². The van der Waals surface area contributed by atoms with Crippen molar-refractivity contribution in [1.82, 2.24) is 0 Å². The van der Waals surface area contributed by atoms with Crippen LogP contribution in [0.4, 0.5) is 0 Å². The summed E-state index contributed by atoms with van der Waals surface area (Å²) in [6.45, 7) is 4.67. The first kappa shape index (κ1) is 17.2. The standard InChI is InChI=1S/C14H29.BrH.Mg/c1-4-7-9-11-13-14(6-3)12-10-8-5-2;;/h14H,2,4-13H2,1,3H3;1H;/q;;+1/p-1. The van der Waals surface area contributed by atoms with Gasteiger partial charge < -0.3 is 12.9 Å². The Kier molecular flexibility index (Phi) is 15.4. The summed E-state index contributed by atoms with van der Waals surface area (Å²) in [7, 11) is 0. The molecule has 0 spiro atoms. The molecule has 0 radical (unpaired) electrons. The normalized spacial score (nSPS) is 12.4. The van der Waals surface area contributed by atoms with Crippen LogP contribution in [0, 0.1) is 5.92 Å². The lowest BCUT2D eigenvalue weighted by Crippen LogP contribution is -1.99. The minimum Gasteiger partial charge on any atom is -0.307 e. The van der Waals surface area contributed by atoms with Gasteiger partial charge in [-0.3, -0.25) is 0 Å². The van der Waals surface area contributed by atoms with Gasteiger partial charge in [0.25, 0.3) is 0 Å².